The van der Waals surface area contributed by atoms with Gasteiger partial charge in [0, 0.05) is 30.4 Å². The van der Waals surface area contributed by atoms with E-state index in [1.54, 1.807) is 6.20 Å². The SMILES string of the molecule is CCOc1ncc(Cl)cc1CN[C@H]1CCN[C@H]1c1ccccc1. The van der Waals surface area contributed by atoms with Gasteiger partial charge in [0.05, 0.1) is 11.6 Å². The summed E-state index contributed by atoms with van der Waals surface area (Å²) in [7, 11) is 0. The third-order valence-corrected chi connectivity index (χ3v) is 4.32. The highest BCUT2D eigenvalue weighted by Crippen LogP contribution is 2.25. The van der Waals surface area contributed by atoms with Gasteiger partial charge >= 0.3 is 0 Å². The smallest absolute Gasteiger partial charge is 0.217 e. The molecule has 0 unspecified atom stereocenters. The minimum absolute atomic E-state index is 0.332. The molecule has 3 rings (SSSR count). The zero-order valence-electron chi connectivity index (χ0n) is 13.3. The number of hydrogen-bond acceptors (Lipinski definition) is 4. The van der Waals surface area contributed by atoms with Crippen LogP contribution in [-0.2, 0) is 6.54 Å². The van der Waals surface area contributed by atoms with Crippen molar-refractivity contribution < 1.29 is 4.74 Å². The van der Waals surface area contributed by atoms with E-state index in [0.29, 0.717) is 36.1 Å². The predicted octanol–water partition coefficient (Wildman–Crippen LogP) is 3.33. The monoisotopic (exact) mass is 331 g/mol. The molecule has 0 radical (unpaired) electrons. The fourth-order valence-electron chi connectivity index (χ4n) is 3.04. The van der Waals surface area contributed by atoms with E-state index in [1.165, 1.54) is 5.56 Å². The lowest BCUT2D eigenvalue weighted by Gasteiger charge is -2.22. The number of nitrogens with one attached hydrogen (secondary N) is 2. The van der Waals surface area contributed by atoms with E-state index >= 15 is 0 Å². The Kier molecular flexibility index (Phi) is 5.49. The Morgan fingerprint density at radius 3 is 2.96 bits per heavy atom. The lowest BCUT2D eigenvalue weighted by Crippen LogP contribution is -2.34. The van der Waals surface area contributed by atoms with Crippen molar-refractivity contribution in [1.29, 1.82) is 0 Å². The van der Waals surface area contributed by atoms with Crippen LogP contribution < -0.4 is 15.4 Å². The Balaban J connectivity index is 1.69. The van der Waals surface area contributed by atoms with Crippen LogP contribution in [0.5, 0.6) is 5.88 Å². The van der Waals surface area contributed by atoms with E-state index in [-0.39, 0.29) is 0 Å². The summed E-state index contributed by atoms with van der Waals surface area (Å²) in [6.07, 6.45) is 2.72. The van der Waals surface area contributed by atoms with E-state index in [9.17, 15) is 0 Å². The van der Waals surface area contributed by atoms with Crippen molar-refractivity contribution in [2.24, 2.45) is 0 Å². The second kappa shape index (κ2) is 7.77. The maximum absolute atomic E-state index is 6.08. The van der Waals surface area contributed by atoms with Gasteiger partial charge in [0.25, 0.3) is 0 Å². The molecule has 0 aliphatic carbocycles. The molecule has 0 bridgehead atoms. The maximum Gasteiger partial charge on any atom is 0.217 e. The Hall–Kier alpha value is -1.62. The standard InChI is InChI=1S/C18H22ClN3O/c1-2-23-18-14(10-15(19)12-22-18)11-21-16-8-9-20-17(16)13-6-4-3-5-7-13/h3-7,10,12,16-17,20-21H,2,8-9,11H2,1H3/t16-,17-/m0/s1. The molecule has 2 N–H and O–H groups in total. The highest BCUT2D eigenvalue weighted by atomic mass is 35.5. The van der Waals surface area contributed by atoms with Crippen molar-refractivity contribution in [3.63, 3.8) is 0 Å². The number of nitrogens with zero attached hydrogens (tertiary/aromatic N) is 1. The number of halogens is 1. The largest absolute Gasteiger partial charge is 0.478 e. The summed E-state index contributed by atoms with van der Waals surface area (Å²) in [6, 6.07) is 13.2. The first-order chi connectivity index (χ1) is 11.3. The summed E-state index contributed by atoms with van der Waals surface area (Å²) in [6.45, 7) is 4.26. The Labute approximate surface area is 142 Å². The topological polar surface area (TPSA) is 46.2 Å². The van der Waals surface area contributed by atoms with Crippen molar-refractivity contribution >= 4 is 11.6 Å². The van der Waals surface area contributed by atoms with Crippen molar-refractivity contribution in [3.8, 4) is 5.88 Å². The fraction of sp³-hybridized carbons (Fsp3) is 0.389. The fourth-order valence-corrected chi connectivity index (χ4v) is 3.22. The van der Waals surface area contributed by atoms with Crippen LogP contribution in [0.15, 0.2) is 42.6 Å². The first-order valence-electron chi connectivity index (χ1n) is 8.07. The normalized spacial score (nSPS) is 20.6. The quantitative estimate of drug-likeness (QED) is 0.852. The molecule has 1 fully saturated rings. The number of pyridine rings is 1. The third kappa shape index (κ3) is 4.02. The number of hydrogen-bond donors (Lipinski definition) is 2. The Bertz CT molecular complexity index is 635. The minimum Gasteiger partial charge on any atom is -0.478 e. The maximum atomic E-state index is 6.08. The number of aromatic nitrogens is 1. The van der Waals surface area contributed by atoms with E-state index < -0.39 is 0 Å². The van der Waals surface area contributed by atoms with Gasteiger partial charge in [-0.25, -0.2) is 4.98 Å². The third-order valence-electron chi connectivity index (χ3n) is 4.11. The van der Waals surface area contributed by atoms with Crippen molar-refractivity contribution in [2.45, 2.75) is 32.0 Å². The molecule has 1 aliphatic heterocycles. The molecule has 0 amide bonds. The van der Waals surface area contributed by atoms with Crippen LogP contribution in [0.2, 0.25) is 5.02 Å². The lowest BCUT2D eigenvalue weighted by molar-refractivity contribution is 0.320. The summed E-state index contributed by atoms with van der Waals surface area (Å²) in [4.78, 5) is 4.28. The molecule has 122 valence electrons. The highest BCUT2D eigenvalue weighted by Gasteiger charge is 2.27. The average Bonchev–Trinajstić information content (AvgIpc) is 3.04. The molecule has 2 atom stereocenters. The molecule has 0 spiro atoms. The van der Waals surface area contributed by atoms with Gasteiger partial charge in [0.15, 0.2) is 0 Å². The molecule has 2 aromatic rings. The van der Waals surface area contributed by atoms with Crippen LogP contribution in [-0.4, -0.2) is 24.2 Å². The molecular weight excluding hydrogens is 310 g/mol. The van der Waals surface area contributed by atoms with Gasteiger partial charge in [0.2, 0.25) is 5.88 Å². The minimum atomic E-state index is 0.332. The molecule has 4 nitrogen and oxygen atoms in total. The Morgan fingerprint density at radius 2 is 2.17 bits per heavy atom. The van der Waals surface area contributed by atoms with Crippen LogP contribution in [0.3, 0.4) is 0 Å². The molecule has 0 saturated carbocycles. The van der Waals surface area contributed by atoms with Gasteiger partial charge in [-0.1, -0.05) is 41.9 Å². The highest BCUT2D eigenvalue weighted by molar-refractivity contribution is 6.30. The van der Waals surface area contributed by atoms with Crippen LogP contribution >= 0.6 is 11.6 Å². The van der Waals surface area contributed by atoms with Gasteiger partial charge in [-0.2, -0.15) is 0 Å². The van der Waals surface area contributed by atoms with Gasteiger partial charge in [-0.15, -0.1) is 0 Å². The van der Waals surface area contributed by atoms with E-state index in [2.05, 4.69) is 39.9 Å². The second-order valence-corrected chi connectivity index (χ2v) is 6.11. The van der Waals surface area contributed by atoms with Crippen LogP contribution in [0, 0.1) is 0 Å². The zero-order chi connectivity index (χ0) is 16.1. The molecule has 1 aliphatic rings. The van der Waals surface area contributed by atoms with Crippen molar-refractivity contribution in [3.05, 3.63) is 58.7 Å². The van der Waals surface area contributed by atoms with Crippen molar-refractivity contribution in [2.75, 3.05) is 13.2 Å². The van der Waals surface area contributed by atoms with Gasteiger partial charge < -0.3 is 15.4 Å². The summed E-state index contributed by atoms with van der Waals surface area (Å²) in [5.74, 6) is 0.659. The molecule has 23 heavy (non-hydrogen) atoms. The van der Waals surface area contributed by atoms with E-state index in [4.69, 9.17) is 16.3 Å². The summed E-state index contributed by atoms with van der Waals surface area (Å²) >= 11 is 6.08. The Morgan fingerprint density at radius 1 is 1.35 bits per heavy atom. The average molecular weight is 332 g/mol. The molecule has 1 saturated heterocycles. The summed E-state index contributed by atoms with van der Waals surface area (Å²) < 4.78 is 5.59. The second-order valence-electron chi connectivity index (χ2n) is 5.67. The van der Waals surface area contributed by atoms with Gasteiger partial charge in [-0.05, 0) is 31.5 Å². The van der Waals surface area contributed by atoms with Gasteiger partial charge in [-0.3, -0.25) is 0 Å². The first kappa shape index (κ1) is 16.2. The summed E-state index contributed by atoms with van der Waals surface area (Å²) in [5.41, 5.74) is 2.31. The molecule has 5 heteroatoms. The number of benzene rings is 1. The van der Waals surface area contributed by atoms with Crippen molar-refractivity contribution in [1.82, 2.24) is 15.6 Å². The molecule has 1 aromatic heterocycles. The van der Waals surface area contributed by atoms with Crippen LogP contribution in [0.4, 0.5) is 0 Å². The first-order valence-corrected chi connectivity index (χ1v) is 8.44. The van der Waals surface area contributed by atoms with Gasteiger partial charge in [0.1, 0.15) is 0 Å². The number of rotatable bonds is 6. The molecular formula is C18H22ClN3O. The molecule has 1 aromatic carbocycles. The zero-order valence-corrected chi connectivity index (χ0v) is 14.0. The molecule has 2 heterocycles. The number of ether oxygens (including phenoxy) is 1. The van der Waals surface area contributed by atoms with E-state index in [0.717, 1.165) is 18.5 Å². The lowest BCUT2D eigenvalue weighted by atomic mass is 10.0. The van der Waals surface area contributed by atoms with Crippen LogP contribution in [0.1, 0.15) is 30.5 Å². The van der Waals surface area contributed by atoms with E-state index in [1.807, 2.05) is 19.1 Å². The van der Waals surface area contributed by atoms with Crippen LogP contribution in [0.25, 0.3) is 0 Å². The summed E-state index contributed by atoms with van der Waals surface area (Å²) in [5, 5.41) is 7.84. The predicted molar refractivity (Wildman–Crippen MR) is 92.8 cm³/mol.